The van der Waals surface area contributed by atoms with Gasteiger partial charge >= 0.3 is 0 Å². The van der Waals surface area contributed by atoms with Crippen LogP contribution in [0.3, 0.4) is 0 Å². The molecule has 0 bridgehead atoms. The molecule has 0 saturated carbocycles. The van der Waals surface area contributed by atoms with Crippen LogP contribution in [0.2, 0.25) is 0 Å². The number of carbonyl (C=O) groups excluding carboxylic acids is 4. The predicted molar refractivity (Wildman–Crippen MR) is 231 cm³/mol. The summed E-state index contributed by atoms with van der Waals surface area (Å²) in [5.41, 5.74) is 0. The normalized spacial score (nSPS) is 37.6. The van der Waals surface area contributed by atoms with Gasteiger partial charge in [-0.2, -0.15) is 0 Å². The van der Waals surface area contributed by atoms with Crippen molar-refractivity contribution in [3.8, 4) is 0 Å². The molecule has 4 amide bonds. The molecule has 30 heteroatoms. The number of ether oxygens (including phenoxy) is 8. The SMILES string of the molecule is CNC(=O)CCCCCNC(=O)CN(CC(=O)NCCO[C@@H]1O[C@@H](C)[C@@H](O)[C@@H](O)[C@@H]1O)CC(=O)NCCO[C@@H]1O[C@H](CO[C@H]2O[C@H](CO)[C@@H](O)[C@H](O)[C@@H]2O)[C@@H](O)[C@H](O[C@H]2O[C@H](CO)[C@@H](O)[C@H](O)[C@@H]2O)[C@@H]1O. The third-order valence-electron chi connectivity index (χ3n) is 12.1. The second-order valence-corrected chi connectivity index (χ2v) is 17.5. The first-order chi connectivity index (χ1) is 33.7. The topological polar surface area (TPSA) is 456 Å². The van der Waals surface area contributed by atoms with E-state index in [1.807, 2.05) is 0 Å². The average Bonchev–Trinajstić information content (AvgIpc) is 3.34. The molecule has 4 fully saturated rings. The Balaban J connectivity index is 1.36. The number of nitrogens with one attached hydrogen (secondary N) is 4. The van der Waals surface area contributed by atoms with Crippen LogP contribution in [0.25, 0.3) is 0 Å². The highest BCUT2D eigenvalue weighted by atomic mass is 16.8. The van der Waals surface area contributed by atoms with Crippen molar-refractivity contribution in [3.05, 3.63) is 0 Å². The summed E-state index contributed by atoms with van der Waals surface area (Å²) in [6.45, 7) is -3.06. The van der Waals surface area contributed by atoms with Crippen molar-refractivity contribution in [2.75, 3.05) is 79.4 Å². The maximum Gasteiger partial charge on any atom is 0.234 e. The Morgan fingerprint density at radius 1 is 0.479 bits per heavy atom. The van der Waals surface area contributed by atoms with Crippen LogP contribution in [0.1, 0.15) is 32.6 Å². The lowest BCUT2D eigenvalue weighted by Crippen LogP contribution is -2.65. The molecule has 17 N–H and O–H groups in total. The quantitative estimate of drug-likeness (QED) is 0.0340. The Bertz CT molecular complexity index is 1630. The molecule has 4 aliphatic heterocycles. The highest BCUT2D eigenvalue weighted by Gasteiger charge is 2.52. The van der Waals surface area contributed by atoms with Crippen molar-refractivity contribution >= 4 is 23.6 Å². The lowest BCUT2D eigenvalue weighted by Gasteiger charge is -2.46. The van der Waals surface area contributed by atoms with Gasteiger partial charge in [0.1, 0.15) is 91.6 Å². The van der Waals surface area contributed by atoms with E-state index >= 15 is 0 Å². The van der Waals surface area contributed by atoms with E-state index in [-0.39, 0.29) is 32.1 Å². The lowest BCUT2D eigenvalue weighted by atomic mass is 9.96. The summed E-state index contributed by atoms with van der Waals surface area (Å²) >= 11 is 0. The van der Waals surface area contributed by atoms with Crippen LogP contribution in [-0.2, 0) is 57.1 Å². The Morgan fingerprint density at radius 2 is 0.930 bits per heavy atom. The maximum atomic E-state index is 13.2. The number of rotatable bonds is 27. The van der Waals surface area contributed by atoms with E-state index < -0.39 is 187 Å². The molecular weight excluding hydrogens is 962 g/mol. The van der Waals surface area contributed by atoms with Crippen LogP contribution < -0.4 is 21.3 Å². The van der Waals surface area contributed by atoms with E-state index in [2.05, 4.69) is 21.3 Å². The zero-order valence-corrected chi connectivity index (χ0v) is 39.3. The smallest absolute Gasteiger partial charge is 0.234 e. The van der Waals surface area contributed by atoms with Crippen molar-refractivity contribution in [1.82, 2.24) is 26.2 Å². The highest BCUT2D eigenvalue weighted by molar-refractivity contribution is 5.84. The standard InChI is InChI=1S/C41H73N5O25/c1-18-26(53)30(57)33(60)38(67-18)64-10-8-44-24(51)13-46(12-23(50)43-7-5-3-4-6-22(49)42-2)14-25(52)45-9-11-65-40-36(63)37(71-41-35(62)32(59)28(55)20(16-48)69-41)29(56)21(70-40)17-66-39-34(61)31(58)27(54)19(15-47)68-39/h18-21,26-41,47-48,53-63H,3-17H2,1-2H3,(H,42,49)(H,43,50)(H,44,51)(H,45,52)/t18-,19+,20+,21+,26+,27+,28+,29+,30+,31-,32-,33-,34-,35-,36-,37-,38+,39-,40+,41+/m0/s1. The Hall–Kier alpha value is -3.00. The van der Waals surface area contributed by atoms with Crippen molar-refractivity contribution in [2.45, 2.75) is 155 Å². The monoisotopic (exact) mass is 1040 g/mol. The number of unbranched alkanes of at least 4 members (excludes halogenated alkanes) is 2. The molecule has 0 unspecified atom stereocenters. The van der Waals surface area contributed by atoms with Gasteiger partial charge in [-0.25, -0.2) is 0 Å². The molecule has 30 nitrogen and oxygen atoms in total. The van der Waals surface area contributed by atoms with Crippen LogP contribution in [-0.4, -0.2) is 297 Å². The molecule has 4 rings (SSSR count). The van der Waals surface area contributed by atoms with E-state index in [4.69, 9.17) is 37.9 Å². The van der Waals surface area contributed by atoms with Crippen LogP contribution in [0.5, 0.6) is 0 Å². The molecule has 0 aromatic rings. The van der Waals surface area contributed by atoms with Gasteiger partial charge in [0.05, 0.1) is 58.8 Å². The second kappa shape index (κ2) is 29.8. The molecule has 4 heterocycles. The number of nitrogens with zero attached hydrogens (tertiary/aromatic N) is 1. The summed E-state index contributed by atoms with van der Waals surface area (Å²) in [4.78, 5) is 51.8. The lowest BCUT2D eigenvalue weighted by molar-refractivity contribution is -0.366. The average molecular weight is 1040 g/mol. The maximum absolute atomic E-state index is 13.2. The molecule has 0 radical (unpaired) electrons. The van der Waals surface area contributed by atoms with E-state index in [1.54, 1.807) is 0 Å². The van der Waals surface area contributed by atoms with E-state index in [1.165, 1.54) is 18.9 Å². The van der Waals surface area contributed by atoms with Crippen molar-refractivity contribution in [3.63, 3.8) is 0 Å². The Morgan fingerprint density at radius 3 is 1.45 bits per heavy atom. The fourth-order valence-electron chi connectivity index (χ4n) is 7.83. The summed E-state index contributed by atoms with van der Waals surface area (Å²) in [6.07, 6.45) is -30.9. The first-order valence-corrected chi connectivity index (χ1v) is 23.3. The van der Waals surface area contributed by atoms with E-state index in [9.17, 15) is 85.6 Å². The van der Waals surface area contributed by atoms with Crippen molar-refractivity contribution < 1.29 is 123 Å². The third-order valence-corrected chi connectivity index (χ3v) is 12.1. The van der Waals surface area contributed by atoms with Crippen molar-refractivity contribution in [2.24, 2.45) is 0 Å². The molecule has 71 heavy (non-hydrogen) atoms. The first-order valence-electron chi connectivity index (χ1n) is 23.3. The van der Waals surface area contributed by atoms with Gasteiger partial charge in [0.15, 0.2) is 25.2 Å². The number of aliphatic hydroxyl groups is 13. The molecular formula is C41H73N5O25. The molecule has 0 aliphatic carbocycles. The number of carbonyl (C=O) groups is 4. The highest BCUT2D eigenvalue weighted by Crippen LogP contribution is 2.31. The fraction of sp³-hybridized carbons (Fsp3) is 0.902. The Kier molecular flexibility index (Phi) is 25.4. The third kappa shape index (κ3) is 17.6. The summed E-state index contributed by atoms with van der Waals surface area (Å²) in [5.74, 6) is -2.00. The molecule has 0 aromatic heterocycles. The summed E-state index contributed by atoms with van der Waals surface area (Å²) < 4.78 is 44.2. The predicted octanol–water partition coefficient (Wildman–Crippen LogP) is -10.7. The summed E-state index contributed by atoms with van der Waals surface area (Å²) in [6, 6.07) is 0. The van der Waals surface area contributed by atoms with Gasteiger partial charge in [0.25, 0.3) is 0 Å². The zero-order valence-electron chi connectivity index (χ0n) is 39.3. The van der Waals surface area contributed by atoms with Crippen LogP contribution in [0, 0.1) is 0 Å². The van der Waals surface area contributed by atoms with Crippen molar-refractivity contribution in [1.29, 1.82) is 0 Å². The van der Waals surface area contributed by atoms with Gasteiger partial charge in [-0.1, -0.05) is 6.42 Å². The number of amides is 4. The number of hydrogen-bond acceptors (Lipinski definition) is 26. The van der Waals surface area contributed by atoms with Gasteiger partial charge < -0.3 is 126 Å². The fourth-order valence-corrected chi connectivity index (χ4v) is 7.83. The molecule has 0 aromatic carbocycles. The molecule has 4 aliphatic rings. The minimum absolute atomic E-state index is 0.118. The van der Waals surface area contributed by atoms with Gasteiger partial charge in [-0.05, 0) is 19.8 Å². The van der Waals surface area contributed by atoms with Gasteiger partial charge in [0.2, 0.25) is 23.6 Å². The van der Waals surface area contributed by atoms with E-state index in [0.717, 1.165) is 0 Å². The van der Waals surface area contributed by atoms with Gasteiger partial charge in [0, 0.05) is 33.1 Å². The molecule has 0 spiro atoms. The number of hydrogen-bond donors (Lipinski definition) is 17. The minimum Gasteiger partial charge on any atom is -0.394 e. The summed E-state index contributed by atoms with van der Waals surface area (Å²) in [7, 11) is 1.53. The summed E-state index contributed by atoms with van der Waals surface area (Å²) in [5, 5.41) is 144. The van der Waals surface area contributed by atoms with Gasteiger partial charge in [-0.3, -0.25) is 24.1 Å². The Labute approximate surface area is 407 Å². The molecule has 20 atom stereocenters. The van der Waals surface area contributed by atoms with Gasteiger partial charge in [-0.15, -0.1) is 0 Å². The zero-order chi connectivity index (χ0) is 52.5. The largest absolute Gasteiger partial charge is 0.394 e. The van der Waals surface area contributed by atoms with Crippen LogP contribution in [0.15, 0.2) is 0 Å². The minimum atomic E-state index is -1.97. The van der Waals surface area contributed by atoms with E-state index in [0.29, 0.717) is 25.7 Å². The first kappa shape index (κ1) is 60.6. The van der Waals surface area contributed by atoms with Crippen LogP contribution >= 0.6 is 0 Å². The second-order valence-electron chi connectivity index (χ2n) is 17.5. The van der Waals surface area contributed by atoms with Crippen LogP contribution in [0.4, 0.5) is 0 Å². The molecule has 4 saturated heterocycles. The number of aliphatic hydroxyl groups excluding tert-OH is 13. The molecule has 412 valence electrons.